The number of nitro benzene ring substituents is 1. The van der Waals surface area contributed by atoms with E-state index < -0.39 is 16.9 Å². The predicted molar refractivity (Wildman–Crippen MR) is 55.2 cm³/mol. The highest BCUT2D eigenvalue weighted by Crippen LogP contribution is 2.26. The first kappa shape index (κ1) is 10.6. The fourth-order valence-corrected chi connectivity index (χ4v) is 1.89. The van der Waals surface area contributed by atoms with Crippen molar-refractivity contribution < 1.29 is 14.8 Å². The first-order valence-corrected chi connectivity index (χ1v) is 4.83. The largest absolute Gasteiger partial charge is 0.480 e. The van der Waals surface area contributed by atoms with Gasteiger partial charge in [0.15, 0.2) is 0 Å². The van der Waals surface area contributed by atoms with Gasteiger partial charge in [0.25, 0.3) is 5.69 Å². The third-order valence-electron chi connectivity index (χ3n) is 2.64. The number of carboxylic acid groups (broad SMARTS) is 1. The molecular formula is C10H10N2O4. The standard InChI is InChI=1S/C10H10N2O4/c13-10(14)9-8-2-1-7(12(15)16)5-6(8)3-4-11-9/h1-2,5,9,11H,3-4H2,(H,13,14). The lowest BCUT2D eigenvalue weighted by Crippen LogP contribution is -2.34. The molecule has 1 aromatic carbocycles. The minimum atomic E-state index is -0.963. The van der Waals surface area contributed by atoms with Crippen molar-refractivity contribution in [2.75, 3.05) is 6.54 Å². The summed E-state index contributed by atoms with van der Waals surface area (Å²) in [6, 6.07) is 3.54. The molecule has 0 radical (unpaired) electrons. The van der Waals surface area contributed by atoms with E-state index in [1.54, 1.807) is 0 Å². The third kappa shape index (κ3) is 1.74. The van der Waals surface area contributed by atoms with Gasteiger partial charge in [0.2, 0.25) is 0 Å². The molecule has 0 spiro atoms. The first-order chi connectivity index (χ1) is 7.59. The summed E-state index contributed by atoms with van der Waals surface area (Å²) in [6.45, 7) is 0.519. The van der Waals surface area contributed by atoms with Crippen molar-refractivity contribution in [3.63, 3.8) is 0 Å². The zero-order valence-corrected chi connectivity index (χ0v) is 8.34. The van der Waals surface area contributed by atoms with Gasteiger partial charge in [0.05, 0.1) is 4.92 Å². The fourth-order valence-electron chi connectivity index (χ4n) is 1.89. The second-order valence-corrected chi connectivity index (χ2v) is 3.62. The topological polar surface area (TPSA) is 92.5 Å². The van der Waals surface area contributed by atoms with Gasteiger partial charge >= 0.3 is 5.97 Å². The number of fused-ring (bicyclic) bond motifs is 1. The van der Waals surface area contributed by atoms with Crippen molar-refractivity contribution in [3.05, 3.63) is 39.4 Å². The lowest BCUT2D eigenvalue weighted by molar-refractivity contribution is -0.384. The molecule has 0 saturated carbocycles. The van der Waals surface area contributed by atoms with E-state index in [4.69, 9.17) is 5.11 Å². The molecule has 2 rings (SSSR count). The summed E-state index contributed by atoms with van der Waals surface area (Å²) in [7, 11) is 0. The molecule has 2 N–H and O–H groups in total. The average molecular weight is 222 g/mol. The molecule has 1 aromatic rings. The molecule has 1 aliphatic heterocycles. The van der Waals surface area contributed by atoms with E-state index in [-0.39, 0.29) is 5.69 Å². The number of aliphatic carboxylic acids is 1. The maximum absolute atomic E-state index is 10.9. The molecule has 0 aliphatic carbocycles. The van der Waals surface area contributed by atoms with Crippen LogP contribution in [0.15, 0.2) is 18.2 Å². The molecule has 6 heteroatoms. The van der Waals surface area contributed by atoms with E-state index in [9.17, 15) is 14.9 Å². The molecule has 0 aromatic heterocycles. The van der Waals surface area contributed by atoms with Crippen molar-refractivity contribution in [1.82, 2.24) is 5.32 Å². The highest BCUT2D eigenvalue weighted by Gasteiger charge is 2.26. The Labute approximate surface area is 91.0 Å². The number of benzene rings is 1. The van der Waals surface area contributed by atoms with Gasteiger partial charge in [0, 0.05) is 18.7 Å². The zero-order chi connectivity index (χ0) is 11.7. The van der Waals surface area contributed by atoms with Gasteiger partial charge in [-0.05, 0) is 23.6 Å². The van der Waals surface area contributed by atoms with Crippen LogP contribution in [0.4, 0.5) is 5.69 Å². The van der Waals surface area contributed by atoms with Gasteiger partial charge in [-0.15, -0.1) is 0 Å². The minimum absolute atomic E-state index is 0.00443. The van der Waals surface area contributed by atoms with E-state index in [2.05, 4.69) is 5.32 Å². The van der Waals surface area contributed by atoms with Gasteiger partial charge < -0.3 is 10.4 Å². The number of hydrogen-bond acceptors (Lipinski definition) is 4. The maximum atomic E-state index is 10.9. The molecule has 84 valence electrons. The van der Waals surface area contributed by atoms with Gasteiger partial charge in [-0.2, -0.15) is 0 Å². The van der Waals surface area contributed by atoms with Crippen LogP contribution >= 0.6 is 0 Å². The van der Waals surface area contributed by atoms with Crippen LogP contribution in [0.2, 0.25) is 0 Å². The number of non-ortho nitro benzene ring substituents is 1. The van der Waals surface area contributed by atoms with Gasteiger partial charge in [-0.3, -0.25) is 14.9 Å². The zero-order valence-electron chi connectivity index (χ0n) is 8.34. The summed E-state index contributed by atoms with van der Waals surface area (Å²) in [4.78, 5) is 21.0. The Morgan fingerprint density at radius 1 is 1.56 bits per heavy atom. The summed E-state index contributed by atoms with van der Waals surface area (Å²) in [5.74, 6) is -0.963. The molecule has 1 heterocycles. The van der Waals surface area contributed by atoms with Crippen LogP contribution in [0.5, 0.6) is 0 Å². The minimum Gasteiger partial charge on any atom is -0.480 e. The van der Waals surface area contributed by atoms with Crippen molar-refractivity contribution in [1.29, 1.82) is 0 Å². The van der Waals surface area contributed by atoms with Crippen molar-refractivity contribution >= 4 is 11.7 Å². The number of carbonyl (C=O) groups is 1. The van der Waals surface area contributed by atoms with E-state index in [0.29, 0.717) is 18.5 Å². The normalized spacial score (nSPS) is 18.9. The molecule has 0 fully saturated rings. The van der Waals surface area contributed by atoms with E-state index in [1.165, 1.54) is 18.2 Å². The molecule has 16 heavy (non-hydrogen) atoms. The fraction of sp³-hybridized carbons (Fsp3) is 0.300. The highest BCUT2D eigenvalue weighted by atomic mass is 16.6. The summed E-state index contributed by atoms with van der Waals surface area (Å²) >= 11 is 0. The van der Waals surface area contributed by atoms with Crippen molar-refractivity contribution in [3.8, 4) is 0 Å². The number of carboxylic acids is 1. The molecule has 1 aliphatic rings. The quantitative estimate of drug-likeness (QED) is 0.572. The molecule has 1 atom stereocenters. The molecular weight excluding hydrogens is 212 g/mol. The van der Waals surface area contributed by atoms with Crippen LogP contribution in [0.25, 0.3) is 0 Å². The summed E-state index contributed by atoms with van der Waals surface area (Å²) in [5, 5.41) is 22.4. The maximum Gasteiger partial charge on any atom is 0.325 e. The molecule has 1 unspecified atom stereocenters. The molecule has 0 saturated heterocycles. The molecule has 6 nitrogen and oxygen atoms in total. The van der Waals surface area contributed by atoms with Crippen LogP contribution in [0.3, 0.4) is 0 Å². The Balaban J connectivity index is 2.44. The van der Waals surface area contributed by atoms with Crippen LogP contribution in [-0.2, 0) is 11.2 Å². The van der Waals surface area contributed by atoms with Crippen molar-refractivity contribution in [2.24, 2.45) is 0 Å². The number of rotatable bonds is 2. The van der Waals surface area contributed by atoms with Crippen LogP contribution in [-0.4, -0.2) is 22.5 Å². The Bertz CT molecular complexity index is 458. The third-order valence-corrected chi connectivity index (χ3v) is 2.64. The Kier molecular flexibility index (Phi) is 2.57. The van der Waals surface area contributed by atoms with Gasteiger partial charge in [0.1, 0.15) is 6.04 Å². The average Bonchev–Trinajstić information content (AvgIpc) is 2.27. The highest BCUT2D eigenvalue weighted by molar-refractivity contribution is 5.76. The Morgan fingerprint density at radius 2 is 2.31 bits per heavy atom. The number of nitro groups is 1. The Morgan fingerprint density at radius 3 is 2.94 bits per heavy atom. The lowest BCUT2D eigenvalue weighted by Gasteiger charge is -2.23. The summed E-state index contributed by atoms with van der Waals surface area (Å²) in [5.41, 5.74) is 1.36. The summed E-state index contributed by atoms with van der Waals surface area (Å²) < 4.78 is 0. The predicted octanol–water partition coefficient (Wildman–Crippen LogP) is 0.866. The van der Waals surface area contributed by atoms with Crippen LogP contribution < -0.4 is 5.32 Å². The Hall–Kier alpha value is -1.95. The van der Waals surface area contributed by atoms with Gasteiger partial charge in [-0.25, -0.2) is 0 Å². The summed E-state index contributed by atoms with van der Waals surface area (Å²) in [6.07, 6.45) is 0.612. The second-order valence-electron chi connectivity index (χ2n) is 3.62. The molecule has 0 amide bonds. The van der Waals surface area contributed by atoms with Crippen LogP contribution in [0, 0.1) is 10.1 Å². The molecule has 0 bridgehead atoms. The monoisotopic (exact) mass is 222 g/mol. The van der Waals surface area contributed by atoms with Gasteiger partial charge in [-0.1, -0.05) is 0 Å². The SMILES string of the molecule is O=C(O)C1NCCc2cc([N+](=O)[O-])ccc21. The first-order valence-electron chi connectivity index (χ1n) is 4.83. The van der Waals surface area contributed by atoms with Crippen LogP contribution in [0.1, 0.15) is 17.2 Å². The lowest BCUT2D eigenvalue weighted by atomic mass is 9.94. The van der Waals surface area contributed by atoms with E-state index in [1.807, 2.05) is 0 Å². The number of hydrogen-bond donors (Lipinski definition) is 2. The second kappa shape index (κ2) is 3.90. The number of nitrogens with one attached hydrogen (secondary N) is 1. The number of nitrogens with zero attached hydrogens (tertiary/aromatic N) is 1. The van der Waals surface area contributed by atoms with E-state index >= 15 is 0 Å². The van der Waals surface area contributed by atoms with E-state index in [0.717, 1.165) is 5.56 Å². The smallest absolute Gasteiger partial charge is 0.325 e. The van der Waals surface area contributed by atoms with Crippen molar-refractivity contribution in [2.45, 2.75) is 12.5 Å².